The Bertz CT molecular complexity index is 154. The normalized spacial score (nSPS) is 26.0. The van der Waals surface area contributed by atoms with Gasteiger partial charge in [0.05, 0.1) is 6.61 Å². The lowest BCUT2D eigenvalue weighted by Gasteiger charge is -2.33. The number of rotatable bonds is 3. The molecular formula is C9H22ClN2O2P. The molecule has 1 aliphatic rings. The molecule has 0 radical (unpaired) electrons. The van der Waals surface area contributed by atoms with Crippen LogP contribution in [0.2, 0.25) is 0 Å². The Morgan fingerprint density at radius 1 is 1.60 bits per heavy atom. The molecule has 6 heteroatoms. The predicted octanol–water partition coefficient (Wildman–Crippen LogP) is 1.17. The number of hydrogen-bond donors (Lipinski definition) is 3. The van der Waals surface area contributed by atoms with Gasteiger partial charge < -0.3 is 10.2 Å². The van der Waals surface area contributed by atoms with Gasteiger partial charge in [-0.3, -0.25) is 9.76 Å². The number of likely N-dealkylation sites (N-methyl/N-ethyl adjacent to an activating group) is 1. The largest absolute Gasteiger partial charge is 0.395 e. The van der Waals surface area contributed by atoms with E-state index < -0.39 is 8.22 Å². The summed E-state index contributed by atoms with van der Waals surface area (Å²) in [4.78, 5) is 0. The van der Waals surface area contributed by atoms with Crippen molar-refractivity contribution in [2.24, 2.45) is 0 Å². The first-order chi connectivity index (χ1) is 7.15. The SMILES string of the molecule is CCCl.CN(CCO)P1CCCC(O)N1. The van der Waals surface area contributed by atoms with Gasteiger partial charge in [-0.2, -0.15) is 0 Å². The molecule has 2 unspecified atom stereocenters. The zero-order valence-electron chi connectivity index (χ0n) is 9.49. The lowest BCUT2D eigenvalue weighted by Crippen LogP contribution is -2.35. The first-order valence-corrected chi connectivity index (χ1v) is 7.26. The van der Waals surface area contributed by atoms with Gasteiger partial charge in [-0.05, 0) is 26.1 Å². The smallest absolute Gasteiger partial charge is 0.109 e. The summed E-state index contributed by atoms with van der Waals surface area (Å²) in [6.07, 6.45) is 2.70. The van der Waals surface area contributed by atoms with Crippen LogP contribution in [0.1, 0.15) is 19.8 Å². The fourth-order valence-electron chi connectivity index (χ4n) is 1.27. The average Bonchev–Trinajstić information content (AvgIpc) is 2.19. The minimum atomic E-state index is -0.405. The third kappa shape index (κ3) is 7.45. The second-order valence-corrected chi connectivity index (χ2v) is 6.00. The summed E-state index contributed by atoms with van der Waals surface area (Å²) in [7, 11) is 1.57. The van der Waals surface area contributed by atoms with Crippen molar-refractivity contribution in [2.45, 2.75) is 26.0 Å². The maximum absolute atomic E-state index is 9.31. The summed E-state index contributed by atoms with van der Waals surface area (Å²) in [5, 5.41) is 21.2. The fraction of sp³-hybridized carbons (Fsp3) is 1.00. The van der Waals surface area contributed by atoms with E-state index in [1.807, 2.05) is 14.0 Å². The quantitative estimate of drug-likeness (QED) is 0.524. The van der Waals surface area contributed by atoms with Gasteiger partial charge in [0.25, 0.3) is 0 Å². The maximum Gasteiger partial charge on any atom is 0.109 e. The van der Waals surface area contributed by atoms with Gasteiger partial charge in [0.15, 0.2) is 0 Å². The topological polar surface area (TPSA) is 55.7 Å². The Labute approximate surface area is 98.5 Å². The molecule has 1 aliphatic heterocycles. The number of aliphatic hydroxyl groups is 2. The van der Waals surface area contributed by atoms with Gasteiger partial charge in [-0.15, -0.1) is 11.6 Å². The second kappa shape index (κ2) is 9.76. The lowest BCUT2D eigenvalue weighted by atomic mass is 10.3. The Morgan fingerprint density at radius 2 is 2.20 bits per heavy atom. The fourth-order valence-corrected chi connectivity index (χ4v) is 3.22. The summed E-state index contributed by atoms with van der Waals surface area (Å²) in [5.41, 5.74) is 0. The van der Waals surface area contributed by atoms with Crippen LogP contribution in [0.3, 0.4) is 0 Å². The van der Waals surface area contributed by atoms with Crippen molar-refractivity contribution in [1.29, 1.82) is 0 Å². The van der Waals surface area contributed by atoms with Crippen LogP contribution in [0.15, 0.2) is 0 Å². The van der Waals surface area contributed by atoms with E-state index in [1.165, 1.54) is 0 Å². The van der Waals surface area contributed by atoms with E-state index in [2.05, 4.69) is 9.76 Å². The molecule has 92 valence electrons. The van der Waals surface area contributed by atoms with Crippen molar-refractivity contribution in [2.75, 3.05) is 32.2 Å². The number of hydrogen-bond acceptors (Lipinski definition) is 4. The van der Waals surface area contributed by atoms with Gasteiger partial charge in [-0.25, -0.2) is 0 Å². The Kier molecular flexibility index (Phi) is 10.1. The van der Waals surface area contributed by atoms with Gasteiger partial charge in [0.1, 0.15) is 6.23 Å². The first-order valence-electron chi connectivity index (χ1n) is 5.25. The second-order valence-electron chi connectivity index (χ2n) is 3.28. The molecule has 0 aromatic rings. The highest BCUT2D eigenvalue weighted by Gasteiger charge is 2.21. The van der Waals surface area contributed by atoms with Crippen LogP contribution >= 0.6 is 19.8 Å². The number of halogens is 1. The van der Waals surface area contributed by atoms with E-state index in [0.29, 0.717) is 6.54 Å². The molecule has 4 nitrogen and oxygen atoms in total. The van der Waals surface area contributed by atoms with Crippen molar-refractivity contribution in [1.82, 2.24) is 9.76 Å². The average molecular weight is 257 g/mol. The molecule has 3 N–H and O–H groups in total. The van der Waals surface area contributed by atoms with Crippen molar-refractivity contribution in [3.63, 3.8) is 0 Å². The molecule has 0 bridgehead atoms. The minimum absolute atomic E-state index is 0.188. The summed E-state index contributed by atoms with van der Waals surface area (Å²) >= 11 is 5.00. The van der Waals surface area contributed by atoms with Crippen LogP contribution < -0.4 is 5.09 Å². The number of nitrogens with zero attached hydrogens (tertiary/aromatic N) is 1. The molecule has 2 atom stereocenters. The van der Waals surface area contributed by atoms with Crippen molar-refractivity contribution in [3.8, 4) is 0 Å². The molecule has 0 spiro atoms. The molecule has 1 heterocycles. The highest BCUT2D eigenvalue weighted by molar-refractivity contribution is 7.53. The van der Waals surface area contributed by atoms with Crippen LogP contribution in [-0.4, -0.2) is 53.4 Å². The number of alkyl halides is 1. The lowest BCUT2D eigenvalue weighted by molar-refractivity contribution is 0.146. The molecule has 1 rings (SSSR count). The van der Waals surface area contributed by atoms with E-state index in [9.17, 15) is 5.11 Å². The minimum Gasteiger partial charge on any atom is -0.395 e. The molecule has 1 saturated heterocycles. The van der Waals surface area contributed by atoms with E-state index >= 15 is 0 Å². The van der Waals surface area contributed by atoms with Gasteiger partial charge >= 0.3 is 0 Å². The summed E-state index contributed by atoms with van der Waals surface area (Å²) < 4.78 is 2.09. The van der Waals surface area contributed by atoms with Crippen molar-refractivity contribution in [3.05, 3.63) is 0 Å². The maximum atomic E-state index is 9.31. The van der Waals surface area contributed by atoms with Crippen LogP contribution in [0, 0.1) is 0 Å². The third-order valence-electron chi connectivity index (χ3n) is 1.98. The Hall–Kier alpha value is 0.560. The van der Waals surface area contributed by atoms with Gasteiger partial charge in [0, 0.05) is 20.6 Å². The monoisotopic (exact) mass is 256 g/mol. The molecule has 1 fully saturated rings. The van der Waals surface area contributed by atoms with Crippen LogP contribution in [-0.2, 0) is 0 Å². The highest BCUT2D eigenvalue weighted by atomic mass is 35.5. The summed E-state index contributed by atoms with van der Waals surface area (Å²) in [6.45, 7) is 2.76. The van der Waals surface area contributed by atoms with E-state index in [1.54, 1.807) is 0 Å². The van der Waals surface area contributed by atoms with Crippen LogP contribution in [0.25, 0.3) is 0 Å². The third-order valence-corrected chi connectivity index (χ3v) is 4.34. The van der Waals surface area contributed by atoms with Crippen LogP contribution in [0.5, 0.6) is 0 Å². The molecular weight excluding hydrogens is 235 g/mol. The first kappa shape index (κ1) is 15.6. The van der Waals surface area contributed by atoms with Gasteiger partial charge in [-0.1, -0.05) is 6.92 Å². The zero-order valence-corrected chi connectivity index (χ0v) is 11.1. The summed E-state index contributed by atoms with van der Waals surface area (Å²) in [6, 6.07) is 0. The molecule has 0 amide bonds. The molecule has 0 aromatic carbocycles. The Morgan fingerprint density at radius 3 is 2.67 bits per heavy atom. The molecule has 0 aromatic heterocycles. The van der Waals surface area contributed by atoms with Crippen LogP contribution in [0.4, 0.5) is 0 Å². The zero-order chi connectivity index (χ0) is 11.7. The van der Waals surface area contributed by atoms with Crippen molar-refractivity contribution >= 4 is 19.8 Å². The molecule has 15 heavy (non-hydrogen) atoms. The van der Waals surface area contributed by atoms with E-state index in [4.69, 9.17) is 16.7 Å². The van der Waals surface area contributed by atoms with Crippen molar-refractivity contribution < 1.29 is 10.2 Å². The van der Waals surface area contributed by atoms with E-state index in [0.717, 1.165) is 24.9 Å². The standard InChI is InChI=1S/C7H17N2O2P.C2H5Cl/c1-9(4-5-10)12-6-2-3-7(11)8-12;1-2-3/h7-8,10-11H,2-6H2,1H3;2H2,1H3. The molecule has 0 aliphatic carbocycles. The number of nitrogens with one attached hydrogen (secondary N) is 1. The highest BCUT2D eigenvalue weighted by Crippen LogP contribution is 2.38. The van der Waals surface area contributed by atoms with Gasteiger partial charge in [0.2, 0.25) is 0 Å². The number of aliphatic hydroxyl groups excluding tert-OH is 2. The predicted molar refractivity (Wildman–Crippen MR) is 66.3 cm³/mol. The van der Waals surface area contributed by atoms with E-state index in [-0.39, 0.29) is 12.8 Å². The molecule has 0 saturated carbocycles. The summed E-state index contributed by atoms with van der Waals surface area (Å²) in [5.74, 6) is 0.722. The Balaban J connectivity index is 0.000000583.